The van der Waals surface area contributed by atoms with E-state index in [0.29, 0.717) is 12.5 Å². The predicted octanol–water partition coefficient (Wildman–Crippen LogP) is 0.665. The molecule has 1 saturated heterocycles. The van der Waals surface area contributed by atoms with Crippen molar-refractivity contribution < 1.29 is 19.4 Å². The van der Waals surface area contributed by atoms with Crippen molar-refractivity contribution in [1.29, 1.82) is 0 Å². The lowest BCUT2D eigenvalue weighted by Crippen LogP contribution is -2.51. The van der Waals surface area contributed by atoms with E-state index in [1.54, 1.807) is 7.11 Å². The molecule has 1 amide bonds. The minimum Gasteiger partial charge on any atom is -0.483 e. The predicted molar refractivity (Wildman–Crippen MR) is 94.4 cm³/mol. The van der Waals surface area contributed by atoms with E-state index >= 15 is 0 Å². The quantitative estimate of drug-likeness (QED) is 0.736. The summed E-state index contributed by atoms with van der Waals surface area (Å²) >= 11 is 0. The SMILES string of the molecule is COCC1(C(=O)N2CCCN(Cc3n[nH]c(C)n3)CC2)CCC1.O=CO. The lowest BCUT2D eigenvalue weighted by Gasteiger charge is -2.42. The zero-order valence-electron chi connectivity index (χ0n) is 15.6. The van der Waals surface area contributed by atoms with Crippen LogP contribution in [0.2, 0.25) is 0 Å². The second-order valence-electron chi connectivity index (χ2n) is 6.93. The Bertz CT molecular complexity index is 587. The van der Waals surface area contributed by atoms with Crippen molar-refractivity contribution in [2.24, 2.45) is 5.41 Å². The van der Waals surface area contributed by atoms with Gasteiger partial charge in [0.1, 0.15) is 5.82 Å². The minimum absolute atomic E-state index is 0.245. The van der Waals surface area contributed by atoms with Crippen molar-refractivity contribution in [2.75, 3.05) is 39.9 Å². The summed E-state index contributed by atoms with van der Waals surface area (Å²) < 4.78 is 5.32. The standard InChI is InChI=1S/C16H27N5O2.CH2O2/c1-13-17-14(19-18-13)11-20-7-4-8-21(10-9-20)15(22)16(12-23-2)5-3-6-16;2-1-3/h3-12H2,1-2H3,(H,17,18,19);1H,(H,2,3). The third-order valence-corrected chi connectivity index (χ3v) is 5.07. The maximum absolute atomic E-state index is 12.9. The summed E-state index contributed by atoms with van der Waals surface area (Å²) in [6.07, 6.45) is 4.07. The zero-order chi connectivity index (χ0) is 19.0. The van der Waals surface area contributed by atoms with Crippen LogP contribution in [0, 0.1) is 12.3 Å². The van der Waals surface area contributed by atoms with Gasteiger partial charge in [0.05, 0.1) is 18.6 Å². The summed E-state index contributed by atoms with van der Waals surface area (Å²) in [5.74, 6) is 1.97. The Balaban J connectivity index is 0.000000758. The zero-order valence-corrected chi connectivity index (χ0v) is 15.6. The Hall–Kier alpha value is -2.00. The normalized spacial score (nSPS) is 19.7. The van der Waals surface area contributed by atoms with Crippen LogP contribution in [-0.4, -0.2) is 82.4 Å². The number of aryl methyl sites for hydroxylation is 1. The molecule has 1 aromatic heterocycles. The number of nitrogens with zero attached hydrogens (tertiary/aromatic N) is 4. The van der Waals surface area contributed by atoms with Gasteiger partial charge < -0.3 is 14.7 Å². The van der Waals surface area contributed by atoms with Crippen LogP contribution in [0.25, 0.3) is 0 Å². The second kappa shape index (κ2) is 9.63. The molecule has 9 nitrogen and oxygen atoms in total. The van der Waals surface area contributed by atoms with Crippen LogP contribution in [0.4, 0.5) is 0 Å². The number of hydrogen-bond acceptors (Lipinski definition) is 6. The highest BCUT2D eigenvalue weighted by Gasteiger charge is 2.46. The van der Waals surface area contributed by atoms with Gasteiger partial charge in [-0.3, -0.25) is 19.6 Å². The van der Waals surface area contributed by atoms with Crippen molar-refractivity contribution in [3.8, 4) is 0 Å². The number of carbonyl (C=O) groups is 2. The fraction of sp³-hybridized carbons (Fsp3) is 0.765. The second-order valence-corrected chi connectivity index (χ2v) is 6.93. The summed E-state index contributed by atoms with van der Waals surface area (Å²) in [4.78, 5) is 30.0. The first kappa shape index (κ1) is 20.3. The number of H-pyrrole nitrogens is 1. The molecule has 0 atom stereocenters. The molecular weight excluding hydrogens is 338 g/mol. The van der Waals surface area contributed by atoms with Gasteiger partial charge in [0, 0.05) is 33.3 Å². The van der Waals surface area contributed by atoms with E-state index in [1.807, 2.05) is 11.8 Å². The molecule has 2 aliphatic rings. The van der Waals surface area contributed by atoms with E-state index in [1.165, 1.54) is 0 Å². The molecule has 0 radical (unpaired) electrons. The van der Waals surface area contributed by atoms with Crippen LogP contribution in [0.15, 0.2) is 0 Å². The summed E-state index contributed by atoms with van der Waals surface area (Å²) in [5.41, 5.74) is -0.245. The topological polar surface area (TPSA) is 112 Å². The number of amides is 1. The Morgan fingerprint density at radius 3 is 2.58 bits per heavy atom. The molecule has 9 heteroatoms. The highest BCUT2D eigenvalue weighted by Crippen LogP contribution is 2.42. The largest absolute Gasteiger partial charge is 0.483 e. The maximum Gasteiger partial charge on any atom is 0.290 e. The number of rotatable bonds is 5. The lowest BCUT2D eigenvalue weighted by molar-refractivity contribution is -0.152. The van der Waals surface area contributed by atoms with E-state index in [4.69, 9.17) is 14.6 Å². The molecule has 2 fully saturated rings. The molecular formula is C17H29N5O4. The van der Waals surface area contributed by atoms with Gasteiger partial charge in [-0.25, -0.2) is 4.98 Å². The van der Waals surface area contributed by atoms with E-state index in [9.17, 15) is 4.79 Å². The Morgan fingerprint density at radius 2 is 2.04 bits per heavy atom. The number of carbonyl (C=O) groups excluding carboxylic acids is 1. The van der Waals surface area contributed by atoms with Gasteiger partial charge in [0.2, 0.25) is 5.91 Å². The average Bonchev–Trinajstić information content (AvgIpc) is 2.84. The fourth-order valence-electron chi connectivity index (χ4n) is 3.63. The van der Waals surface area contributed by atoms with E-state index in [0.717, 1.165) is 70.1 Å². The number of aromatic nitrogens is 3. The Morgan fingerprint density at radius 1 is 1.31 bits per heavy atom. The van der Waals surface area contributed by atoms with E-state index in [-0.39, 0.29) is 11.9 Å². The van der Waals surface area contributed by atoms with Gasteiger partial charge >= 0.3 is 0 Å². The maximum atomic E-state index is 12.9. The van der Waals surface area contributed by atoms with Crippen molar-refractivity contribution in [1.82, 2.24) is 25.0 Å². The number of aromatic amines is 1. The highest BCUT2D eigenvalue weighted by atomic mass is 16.5. The van der Waals surface area contributed by atoms with E-state index < -0.39 is 0 Å². The first-order chi connectivity index (χ1) is 12.5. The Kier molecular flexibility index (Phi) is 7.52. The van der Waals surface area contributed by atoms with Gasteiger partial charge in [0.15, 0.2) is 5.82 Å². The van der Waals surface area contributed by atoms with Gasteiger partial charge in [-0.1, -0.05) is 6.42 Å². The molecule has 1 saturated carbocycles. The number of nitrogens with one attached hydrogen (secondary N) is 1. The average molecular weight is 367 g/mol. The van der Waals surface area contributed by atoms with Crippen LogP contribution in [0.3, 0.4) is 0 Å². The monoisotopic (exact) mass is 367 g/mol. The number of ether oxygens (including phenoxy) is 1. The molecule has 146 valence electrons. The lowest BCUT2D eigenvalue weighted by atomic mass is 9.68. The molecule has 26 heavy (non-hydrogen) atoms. The third kappa shape index (κ3) is 5.01. The first-order valence-corrected chi connectivity index (χ1v) is 9.01. The molecule has 1 aromatic rings. The number of carboxylic acid groups (broad SMARTS) is 1. The van der Waals surface area contributed by atoms with Gasteiger partial charge in [-0.2, -0.15) is 5.10 Å². The molecule has 1 aliphatic carbocycles. The molecule has 2 heterocycles. The van der Waals surface area contributed by atoms with Crippen molar-refractivity contribution in [3.63, 3.8) is 0 Å². The minimum atomic E-state index is -0.250. The number of methoxy groups -OCH3 is 1. The van der Waals surface area contributed by atoms with Gasteiger partial charge in [-0.05, 0) is 26.2 Å². The van der Waals surface area contributed by atoms with Crippen molar-refractivity contribution in [2.45, 2.75) is 39.2 Å². The molecule has 2 N–H and O–H groups in total. The van der Waals surface area contributed by atoms with Crippen LogP contribution in [0.1, 0.15) is 37.3 Å². The number of hydrogen-bond donors (Lipinski definition) is 2. The summed E-state index contributed by atoms with van der Waals surface area (Å²) in [7, 11) is 1.69. The molecule has 1 aliphatic heterocycles. The van der Waals surface area contributed by atoms with Gasteiger partial charge in [-0.15, -0.1) is 0 Å². The molecule has 3 rings (SSSR count). The van der Waals surface area contributed by atoms with E-state index in [2.05, 4.69) is 20.1 Å². The molecule has 0 unspecified atom stereocenters. The van der Waals surface area contributed by atoms with Gasteiger partial charge in [0.25, 0.3) is 6.47 Å². The molecule has 0 bridgehead atoms. The highest BCUT2D eigenvalue weighted by molar-refractivity contribution is 5.83. The third-order valence-electron chi connectivity index (χ3n) is 5.07. The molecule has 0 spiro atoms. The van der Waals surface area contributed by atoms with Crippen LogP contribution < -0.4 is 0 Å². The Labute approximate surface area is 153 Å². The summed E-state index contributed by atoms with van der Waals surface area (Å²) in [5, 5.41) is 14.0. The van der Waals surface area contributed by atoms with Crippen molar-refractivity contribution in [3.05, 3.63) is 11.6 Å². The summed E-state index contributed by atoms with van der Waals surface area (Å²) in [6.45, 7) is 6.45. The summed E-state index contributed by atoms with van der Waals surface area (Å²) in [6, 6.07) is 0. The first-order valence-electron chi connectivity index (χ1n) is 9.01. The van der Waals surface area contributed by atoms with Crippen LogP contribution in [-0.2, 0) is 20.9 Å². The van der Waals surface area contributed by atoms with Crippen molar-refractivity contribution >= 4 is 12.4 Å². The van der Waals surface area contributed by atoms with Crippen LogP contribution in [0.5, 0.6) is 0 Å². The smallest absolute Gasteiger partial charge is 0.290 e. The fourth-order valence-corrected chi connectivity index (χ4v) is 3.63. The van der Waals surface area contributed by atoms with Crippen LogP contribution >= 0.6 is 0 Å². The molecule has 0 aromatic carbocycles.